The van der Waals surface area contributed by atoms with Gasteiger partial charge in [-0.2, -0.15) is 5.10 Å². The zero-order chi connectivity index (χ0) is 12.1. The minimum atomic E-state index is -0.180. The molecule has 1 aromatic heterocycles. The molecule has 0 aliphatic carbocycles. The van der Waals surface area contributed by atoms with Gasteiger partial charge in [0.2, 0.25) is 0 Å². The zero-order valence-electron chi connectivity index (χ0n) is 10.9. The second-order valence-corrected chi connectivity index (χ2v) is 4.91. The van der Waals surface area contributed by atoms with E-state index in [1.165, 1.54) is 5.69 Å². The summed E-state index contributed by atoms with van der Waals surface area (Å²) >= 11 is 0. The zero-order valence-corrected chi connectivity index (χ0v) is 10.9. The van der Waals surface area contributed by atoms with Gasteiger partial charge in [0.25, 0.3) is 0 Å². The van der Waals surface area contributed by atoms with E-state index < -0.39 is 0 Å². The summed E-state index contributed by atoms with van der Waals surface area (Å²) in [4.78, 5) is 0. The lowest BCUT2D eigenvalue weighted by atomic mass is 10.0. The van der Waals surface area contributed by atoms with Crippen molar-refractivity contribution < 1.29 is 5.11 Å². The fourth-order valence-electron chi connectivity index (χ4n) is 2.05. The molecule has 1 aromatic rings. The molecule has 1 rings (SSSR count). The average molecular weight is 224 g/mol. The number of aromatic nitrogens is 2. The van der Waals surface area contributed by atoms with Gasteiger partial charge in [0, 0.05) is 12.2 Å². The number of hydrogen-bond acceptors (Lipinski definition) is 2. The van der Waals surface area contributed by atoms with Crippen LogP contribution in [0.3, 0.4) is 0 Å². The van der Waals surface area contributed by atoms with Crippen molar-refractivity contribution in [3.05, 3.63) is 17.5 Å². The first kappa shape index (κ1) is 13.2. The van der Waals surface area contributed by atoms with E-state index in [2.05, 4.69) is 31.9 Å². The molecule has 0 radical (unpaired) electrons. The highest BCUT2D eigenvalue weighted by molar-refractivity contribution is 5.09. The Labute approximate surface area is 98.5 Å². The SMILES string of the molecule is CCn1nc(C)cc1CCC(O)CC(C)C. The summed E-state index contributed by atoms with van der Waals surface area (Å²) in [6.07, 6.45) is 2.46. The van der Waals surface area contributed by atoms with Crippen LogP contribution in [-0.4, -0.2) is 21.0 Å². The van der Waals surface area contributed by atoms with Crippen molar-refractivity contribution in [2.75, 3.05) is 0 Å². The summed E-state index contributed by atoms with van der Waals surface area (Å²) in [5.74, 6) is 0.563. The minimum absolute atomic E-state index is 0.180. The van der Waals surface area contributed by atoms with E-state index in [4.69, 9.17) is 0 Å². The number of rotatable bonds is 6. The van der Waals surface area contributed by atoms with E-state index in [1.807, 2.05) is 11.6 Å². The van der Waals surface area contributed by atoms with Gasteiger partial charge < -0.3 is 5.11 Å². The molecule has 92 valence electrons. The van der Waals surface area contributed by atoms with Gasteiger partial charge in [-0.1, -0.05) is 13.8 Å². The van der Waals surface area contributed by atoms with Crippen molar-refractivity contribution in [1.82, 2.24) is 9.78 Å². The monoisotopic (exact) mass is 224 g/mol. The number of hydrogen-bond donors (Lipinski definition) is 1. The Kier molecular flexibility index (Phi) is 5.00. The third-order valence-corrected chi connectivity index (χ3v) is 2.76. The molecule has 0 aliphatic rings. The Morgan fingerprint density at radius 2 is 2.12 bits per heavy atom. The van der Waals surface area contributed by atoms with Gasteiger partial charge in [-0.3, -0.25) is 4.68 Å². The standard InChI is InChI=1S/C13H24N2O/c1-5-15-12(9-11(4)14-15)6-7-13(16)8-10(2)3/h9-10,13,16H,5-8H2,1-4H3. The van der Waals surface area contributed by atoms with Gasteiger partial charge in [-0.25, -0.2) is 0 Å². The first-order chi connectivity index (χ1) is 7.52. The molecule has 1 atom stereocenters. The van der Waals surface area contributed by atoms with E-state index in [0.717, 1.165) is 31.5 Å². The highest BCUT2D eigenvalue weighted by atomic mass is 16.3. The second-order valence-electron chi connectivity index (χ2n) is 4.91. The van der Waals surface area contributed by atoms with E-state index in [1.54, 1.807) is 0 Å². The van der Waals surface area contributed by atoms with Crippen LogP contribution in [0.25, 0.3) is 0 Å². The maximum atomic E-state index is 9.82. The first-order valence-electron chi connectivity index (χ1n) is 6.24. The fraction of sp³-hybridized carbons (Fsp3) is 0.769. The van der Waals surface area contributed by atoms with E-state index in [9.17, 15) is 5.11 Å². The number of aryl methyl sites for hydroxylation is 3. The number of aliphatic hydroxyl groups excluding tert-OH is 1. The molecule has 3 heteroatoms. The molecule has 16 heavy (non-hydrogen) atoms. The summed E-state index contributed by atoms with van der Waals surface area (Å²) in [5.41, 5.74) is 2.30. The molecule has 1 N–H and O–H groups in total. The third kappa shape index (κ3) is 3.97. The van der Waals surface area contributed by atoms with Gasteiger partial charge in [0.05, 0.1) is 11.8 Å². The minimum Gasteiger partial charge on any atom is -0.393 e. The maximum Gasteiger partial charge on any atom is 0.0596 e. The lowest BCUT2D eigenvalue weighted by Gasteiger charge is -2.13. The molecule has 0 spiro atoms. The molecular formula is C13H24N2O. The van der Waals surface area contributed by atoms with Gasteiger partial charge in [0.1, 0.15) is 0 Å². The molecule has 1 heterocycles. The molecule has 3 nitrogen and oxygen atoms in total. The largest absolute Gasteiger partial charge is 0.393 e. The Bertz CT molecular complexity index is 318. The van der Waals surface area contributed by atoms with E-state index in [0.29, 0.717) is 5.92 Å². The van der Waals surface area contributed by atoms with Crippen molar-refractivity contribution in [3.63, 3.8) is 0 Å². The highest BCUT2D eigenvalue weighted by Crippen LogP contribution is 2.12. The fourth-order valence-corrected chi connectivity index (χ4v) is 2.05. The molecule has 0 aromatic carbocycles. The third-order valence-electron chi connectivity index (χ3n) is 2.76. The molecule has 0 saturated carbocycles. The van der Waals surface area contributed by atoms with Gasteiger partial charge in [-0.15, -0.1) is 0 Å². The number of aliphatic hydroxyl groups is 1. The van der Waals surface area contributed by atoms with Crippen LogP contribution in [-0.2, 0) is 13.0 Å². The first-order valence-corrected chi connectivity index (χ1v) is 6.24. The normalized spacial score (nSPS) is 13.4. The predicted molar refractivity (Wildman–Crippen MR) is 66.4 cm³/mol. The molecule has 0 bridgehead atoms. The lowest BCUT2D eigenvalue weighted by Crippen LogP contribution is -2.12. The van der Waals surface area contributed by atoms with Crippen LogP contribution in [0.15, 0.2) is 6.07 Å². The summed E-state index contributed by atoms with van der Waals surface area (Å²) in [6, 6.07) is 2.12. The van der Waals surface area contributed by atoms with E-state index in [-0.39, 0.29) is 6.10 Å². The molecular weight excluding hydrogens is 200 g/mol. The summed E-state index contributed by atoms with van der Waals surface area (Å²) in [6.45, 7) is 9.30. The van der Waals surface area contributed by atoms with Crippen molar-refractivity contribution in [2.24, 2.45) is 5.92 Å². The smallest absolute Gasteiger partial charge is 0.0596 e. The Morgan fingerprint density at radius 3 is 2.69 bits per heavy atom. The van der Waals surface area contributed by atoms with Gasteiger partial charge in [-0.05, 0) is 45.1 Å². The molecule has 0 amide bonds. The summed E-state index contributed by atoms with van der Waals surface area (Å²) in [5, 5.41) is 14.2. The molecule has 1 unspecified atom stereocenters. The van der Waals surface area contributed by atoms with Gasteiger partial charge >= 0.3 is 0 Å². The van der Waals surface area contributed by atoms with Crippen molar-refractivity contribution >= 4 is 0 Å². The lowest BCUT2D eigenvalue weighted by molar-refractivity contribution is 0.139. The molecule has 0 saturated heterocycles. The Morgan fingerprint density at radius 1 is 1.44 bits per heavy atom. The maximum absolute atomic E-state index is 9.82. The predicted octanol–water partition coefficient (Wildman–Crippen LogP) is 2.55. The van der Waals surface area contributed by atoms with E-state index >= 15 is 0 Å². The highest BCUT2D eigenvalue weighted by Gasteiger charge is 2.10. The Balaban J connectivity index is 2.47. The van der Waals surface area contributed by atoms with Crippen LogP contribution in [0.2, 0.25) is 0 Å². The van der Waals surface area contributed by atoms with Crippen LogP contribution in [0, 0.1) is 12.8 Å². The van der Waals surface area contributed by atoms with Gasteiger partial charge in [0.15, 0.2) is 0 Å². The van der Waals surface area contributed by atoms with Crippen LogP contribution >= 0.6 is 0 Å². The average Bonchev–Trinajstić information content (AvgIpc) is 2.55. The summed E-state index contributed by atoms with van der Waals surface area (Å²) < 4.78 is 2.03. The topological polar surface area (TPSA) is 38.0 Å². The van der Waals surface area contributed by atoms with Crippen molar-refractivity contribution in [3.8, 4) is 0 Å². The molecule has 0 aliphatic heterocycles. The second kappa shape index (κ2) is 6.04. The van der Waals surface area contributed by atoms with Crippen molar-refractivity contribution in [2.45, 2.75) is 59.6 Å². The van der Waals surface area contributed by atoms with Crippen molar-refractivity contribution in [1.29, 1.82) is 0 Å². The number of nitrogens with zero attached hydrogens (tertiary/aromatic N) is 2. The molecule has 0 fully saturated rings. The quantitative estimate of drug-likeness (QED) is 0.806. The van der Waals surface area contributed by atoms with Crippen LogP contribution in [0.1, 0.15) is 45.0 Å². The summed E-state index contributed by atoms with van der Waals surface area (Å²) in [7, 11) is 0. The van der Waals surface area contributed by atoms with Crippen LogP contribution in [0.5, 0.6) is 0 Å². The Hall–Kier alpha value is -0.830. The van der Waals surface area contributed by atoms with Crippen LogP contribution in [0.4, 0.5) is 0 Å². The van der Waals surface area contributed by atoms with Crippen LogP contribution < -0.4 is 0 Å².